The van der Waals surface area contributed by atoms with Gasteiger partial charge in [0.1, 0.15) is 23.0 Å². The molecule has 1 heterocycles. The summed E-state index contributed by atoms with van der Waals surface area (Å²) in [7, 11) is 1.28. The fourth-order valence-corrected chi connectivity index (χ4v) is 3.29. The van der Waals surface area contributed by atoms with E-state index in [-0.39, 0.29) is 33.8 Å². The minimum absolute atomic E-state index is 0.00351. The highest BCUT2D eigenvalue weighted by atomic mass is 19.1. The van der Waals surface area contributed by atoms with Crippen molar-refractivity contribution in [3.63, 3.8) is 0 Å². The highest BCUT2D eigenvalue weighted by Crippen LogP contribution is 2.45. The van der Waals surface area contributed by atoms with Crippen LogP contribution in [0.5, 0.6) is 11.5 Å². The van der Waals surface area contributed by atoms with E-state index < -0.39 is 41.1 Å². The zero-order chi connectivity index (χ0) is 19.5. The molecule has 0 aromatic heterocycles. The summed E-state index contributed by atoms with van der Waals surface area (Å²) < 4.78 is 30.8. The smallest absolute Gasteiger partial charge is 0.347 e. The molecule has 7 nitrogen and oxygen atoms in total. The van der Waals surface area contributed by atoms with E-state index in [2.05, 4.69) is 0 Å². The van der Waals surface area contributed by atoms with Crippen LogP contribution in [0.2, 0.25) is 0 Å². The maximum absolute atomic E-state index is 14.2. The number of halogens is 1. The topological polar surface area (TPSA) is 102 Å². The second-order valence-corrected chi connectivity index (χ2v) is 6.65. The lowest BCUT2D eigenvalue weighted by Gasteiger charge is -2.42. The average Bonchev–Trinajstić information content (AvgIpc) is 2.78. The molecule has 0 amide bonds. The molecule has 2 N–H and O–H groups in total. The third kappa shape index (κ3) is 2.18. The van der Waals surface area contributed by atoms with Crippen LogP contribution in [0.4, 0.5) is 4.39 Å². The number of methoxy groups -OCH3 is 1. The van der Waals surface area contributed by atoms with Crippen molar-refractivity contribution in [3.8, 4) is 11.5 Å². The number of benzene rings is 1. The number of aromatic hydroxyl groups is 1. The minimum atomic E-state index is -1.56. The lowest BCUT2D eigenvalue weighted by molar-refractivity contribution is -0.166. The van der Waals surface area contributed by atoms with Gasteiger partial charge in [0.15, 0.2) is 29.2 Å². The van der Waals surface area contributed by atoms with Gasteiger partial charge < -0.3 is 24.4 Å². The summed E-state index contributed by atoms with van der Waals surface area (Å²) in [5, 5.41) is 20.4. The van der Waals surface area contributed by atoms with Gasteiger partial charge in [0, 0.05) is 23.8 Å². The molecule has 0 fully saturated rings. The number of hydrogen-bond donors (Lipinski definition) is 2. The van der Waals surface area contributed by atoms with Gasteiger partial charge in [0.05, 0.1) is 0 Å². The SMILES string of the molecule is CO[C@@]1(C)[C@H](O)C(=O)C(C)=C2OC(=O)c3c(C)c(F)c(O)c(C)c3O[C@@H]21. The summed E-state index contributed by atoms with van der Waals surface area (Å²) >= 11 is 0. The summed E-state index contributed by atoms with van der Waals surface area (Å²) in [6, 6.07) is 0. The molecular weight excluding hydrogens is 347 g/mol. The van der Waals surface area contributed by atoms with Gasteiger partial charge in [-0.2, -0.15) is 0 Å². The zero-order valence-corrected chi connectivity index (χ0v) is 15.0. The van der Waals surface area contributed by atoms with Gasteiger partial charge in [-0.05, 0) is 27.7 Å². The third-order valence-electron chi connectivity index (χ3n) is 5.21. The standard InChI is InChI=1S/C18H19FO7/c1-6-9-13(7(2)11(20)10(6)19)25-16-14(26-17(9)23)8(3)12(21)15(22)18(16,4)24-5/h15-16,20,22H,1-5H3/t15-,16+,18+/m1/s1. The Balaban J connectivity index is 2.32. The number of rotatable bonds is 1. The van der Waals surface area contributed by atoms with Crippen LogP contribution in [0.3, 0.4) is 0 Å². The first-order valence-corrected chi connectivity index (χ1v) is 7.94. The molecule has 140 valence electrons. The molecule has 3 atom stereocenters. The number of aliphatic hydroxyl groups excluding tert-OH is 1. The van der Waals surface area contributed by atoms with Crippen molar-refractivity contribution in [3.05, 3.63) is 33.8 Å². The van der Waals surface area contributed by atoms with E-state index in [4.69, 9.17) is 14.2 Å². The van der Waals surface area contributed by atoms with Crippen LogP contribution in [0, 0.1) is 19.7 Å². The molecule has 0 saturated heterocycles. The van der Waals surface area contributed by atoms with E-state index >= 15 is 0 Å². The number of phenols is 1. The van der Waals surface area contributed by atoms with E-state index in [1.54, 1.807) is 0 Å². The number of ketones is 1. The average molecular weight is 366 g/mol. The maximum Gasteiger partial charge on any atom is 0.347 e. The fraction of sp³-hybridized carbons (Fsp3) is 0.444. The highest BCUT2D eigenvalue weighted by molar-refractivity contribution is 6.03. The summed E-state index contributed by atoms with van der Waals surface area (Å²) in [4.78, 5) is 25.0. The van der Waals surface area contributed by atoms with Gasteiger partial charge in [-0.3, -0.25) is 4.79 Å². The molecule has 1 aromatic carbocycles. The van der Waals surface area contributed by atoms with Crippen molar-refractivity contribution in [2.24, 2.45) is 0 Å². The van der Waals surface area contributed by atoms with Crippen molar-refractivity contribution < 1.29 is 38.4 Å². The molecule has 8 heteroatoms. The van der Waals surface area contributed by atoms with Crippen molar-refractivity contribution in [1.29, 1.82) is 0 Å². The number of Topliss-reactive ketones (excluding diaryl/α,β-unsaturated/α-hetero) is 1. The molecule has 1 aromatic rings. The number of ether oxygens (including phenoxy) is 3. The number of hydrogen-bond acceptors (Lipinski definition) is 7. The number of aliphatic hydroxyl groups is 1. The predicted octanol–water partition coefficient (Wildman–Crippen LogP) is 1.69. The first-order chi connectivity index (χ1) is 12.1. The Morgan fingerprint density at radius 2 is 1.81 bits per heavy atom. The molecule has 1 aliphatic carbocycles. The van der Waals surface area contributed by atoms with Crippen LogP contribution in [0.1, 0.15) is 35.3 Å². The second kappa shape index (κ2) is 5.78. The van der Waals surface area contributed by atoms with Crippen LogP contribution in [-0.2, 0) is 14.3 Å². The monoisotopic (exact) mass is 366 g/mol. The maximum atomic E-state index is 14.2. The normalized spacial score (nSPS) is 28.1. The molecular formula is C18H19FO7. The lowest BCUT2D eigenvalue weighted by atomic mass is 9.79. The molecule has 0 saturated carbocycles. The van der Waals surface area contributed by atoms with Gasteiger partial charge >= 0.3 is 5.97 Å². The summed E-state index contributed by atoms with van der Waals surface area (Å²) in [6.07, 6.45) is -2.72. The Morgan fingerprint density at radius 3 is 2.38 bits per heavy atom. The van der Waals surface area contributed by atoms with Crippen LogP contribution in [-0.4, -0.2) is 46.9 Å². The molecule has 0 bridgehead atoms. The van der Waals surface area contributed by atoms with Crippen LogP contribution < -0.4 is 4.74 Å². The van der Waals surface area contributed by atoms with Gasteiger partial charge in [-0.15, -0.1) is 0 Å². The molecule has 1 aliphatic heterocycles. The Hall–Kier alpha value is -2.45. The van der Waals surface area contributed by atoms with Crippen molar-refractivity contribution in [2.75, 3.05) is 7.11 Å². The Morgan fingerprint density at radius 1 is 1.19 bits per heavy atom. The number of esters is 1. The molecule has 0 spiro atoms. The summed E-state index contributed by atoms with van der Waals surface area (Å²) in [5.41, 5.74) is -1.87. The second-order valence-electron chi connectivity index (χ2n) is 6.65. The zero-order valence-electron chi connectivity index (χ0n) is 15.0. The van der Waals surface area contributed by atoms with E-state index in [0.717, 1.165) is 0 Å². The van der Waals surface area contributed by atoms with Gasteiger partial charge in [-0.25, -0.2) is 9.18 Å². The predicted molar refractivity (Wildman–Crippen MR) is 86.5 cm³/mol. The molecule has 0 unspecified atom stereocenters. The Labute approximate surface area is 149 Å². The largest absolute Gasteiger partial charge is 0.505 e. The number of carbonyl (C=O) groups is 2. The van der Waals surface area contributed by atoms with Crippen molar-refractivity contribution in [1.82, 2.24) is 0 Å². The van der Waals surface area contributed by atoms with Gasteiger partial charge in [0.2, 0.25) is 0 Å². The molecule has 0 radical (unpaired) electrons. The summed E-state index contributed by atoms with van der Waals surface area (Å²) in [5.74, 6) is -3.37. The lowest BCUT2D eigenvalue weighted by Crippen LogP contribution is -2.60. The quantitative estimate of drug-likeness (QED) is 0.729. The first-order valence-electron chi connectivity index (χ1n) is 7.94. The van der Waals surface area contributed by atoms with E-state index in [1.165, 1.54) is 34.8 Å². The van der Waals surface area contributed by atoms with Crippen LogP contribution in [0.25, 0.3) is 0 Å². The number of carbonyl (C=O) groups excluding carboxylic acids is 2. The number of fused-ring (bicyclic) bond motifs is 2. The van der Waals surface area contributed by atoms with Gasteiger partial charge in [-0.1, -0.05) is 0 Å². The first kappa shape index (κ1) is 18.3. The number of phenolic OH excluding ortho intramolecular Hbond substituents is 1. The Kier molecular flexibility index (Phi) is 4.08. The van der Waals surface area contributed by atoms with E-state index in [1.807, 2.05) is 0 Å². The molecule has 3 rings (SSSR count). The van der Waals surface area contributed by atoms with Crippen LogP contribution in [0.15, 0.2) is 11.3 Å². The Bertz CT molecular complexity index is 873. The molecule has 26 heavy (non-hydrogen) atoms. The molecule has 2 aliphatic rings. The van der Waals surface area contributed by atoms with Crippen LogP contribution >= 0.6 is 0 Å². The van der Waals surface area contributed by atoms with Gasteiger partial charge in [0.25, 0.3) is 0 Å². The minimum Gasteiger partial charge on any atom is -0.505 e. The van der Waals surface area contributed by atoms with Crippen molar-refractivity contribution >= 4 is 11.8 Å². The summed E-state index contributed by atoms with van der Waals surface area (Å²) in [6.45, 7) is 5.54. The van der Waals surface area contributed by atoms with Crippen molar-refractivity contribution in [2.45, 2.75) is 45.5 Å². The third-order valence-corrected chi connectivity index (χ3v) is 5.21. The van der Waals surface area contributed by atoms with E-state index in [0.29, 0.717) is 0 Å². The van der Waals surface area contributed by atoms with E-state index in [9.17, 15) is 24.2 Å². The highest BCUT2D eigenvalue weighted by Gasteiger charge is 2.56. The fourth-order valence-electron chi connectivity index (χ4n) is 3.29.